The maximum absolute atomic E-state index is 5.64. The predicted molar refractivity (Wildman–Crippen MR) is 79.4 cm³/mol. The van der Waals surface area contributed by atoms with E-state index in [9.17, 15) is 0 Å². The molecule has 1 heterocycles. The minimum absolute atomic E-state index is 0.431. The van der Waals surface area contributed by atoms with Crippen molar-refractivity contribution in [1.29, 1.82) is 0 Å². The zero-order valence-corrected chi connectivity index (χ0v) is 12.2. The van der Waals surface area contributed by atoms with Gasteiger partial charge < -0.3 is 10.1 Å². The average molecular weight is 265 g/mol. The zero-order chi connectivity index (χ0) is 12.8. The molecular formula is C15H23NOS. The van der Waals surface area contributed by atoms with Crippen molar-refractivity contribution in [3.8, 4) is 5.75 Å². The molecule has 1 aromatic carbocycles. The Morgan fingerprint density at radius 3 is 2.94 bits per heavy atom. The zero-order valence-electron chi connectivity index (χ0n) is 11.4. The van der Waals surface area contributed by atoms with Crippen molar-refractivity contribution in [2.75, 3.05) is 18.9 Å². The lowest BCUT2D eigenvalue weighted by Crippen LogP contribution is -2.32. The molecule has 0 saturated carbocycles. The van der Waals surface area contributed by atoms with Crippen molar-refractivity contribution in [3.05, 3.63) is 29.8 Å². The number of thioether (sulfide) groups is 1. The minimum atomic E-state index is 0.431. The van der Waals surface area contributed by atoms with Gasteiger partial charge in [0.25, 0.3) is 0 Å². The number of para-hydroxylation sites is 1. The fourth-order valence-electron chi connectivity index (χ4n) is 2.38. The highest BCUT2D eigenvalue weighted by atomic mass is 32.2. The van der Waals surface area contributed by atoms with Crippen molar-refractivity contribution in [3.63, 3.8) is 0 Å². The molecule has 0 amide bonds. The van der Waals surface area contributed by atoms with Crippen LogP contribution in [0.5, 0.6) is 5.75 Å². The molecule has 1 N–H and O–H groups in total. The summed E-state index contributed by atoms with van der Waals surface area (Å²) in [6.07, 6.45) is 2.69. The molecule has 1 aromatic rings. The molecule has 0 aliphatic carbocycles. The first-order chi connectivity index (χ1) is 8.73. The van der Waals surface area contributed by atoms with Crippen LogP contribution in [0, 0.1) is 0 Å². The van der Waals surface area contributed by atoms with Gasteiger partial charge in [0.15, 0.2) is 0 Å². The summed E-state index contributed by atoms with van der Waals surface area (Å²) in [6, 6.07) is 8.29. The van der Waals surface area contributed by atoms with E-state index in [2.05, 4.69) is 36.1 Å². The van der Waals surface area contributed by atoms with E-state index in [-0.39, 0.29) is 0 Å². The summed E-state index contributed by atoms with van der Waals surface area (Å²) in [6.45, 7) is 7.10. The van der Waals surface area contributed by atoms with E-state index in [1.165, 1.54) is 24.2 Å². The second-order valence-electron chi connectivity index (χ2n) is 5.05. The SMILES string of the molecule is CCOc1ccccc1CNCC1(C)CCCS1. The van der Waals surface area contributed by atoms with E-state index in [1.54, 1.807) is 0 Å². The highest BCUT2D eigenvalue weighted by molar-refractivity contribution is 8.00. The molecule has 1 aliphatic heterocycles. The van der Waals surface area contributed by atoms with Crippen LogP contribution in [-0.2, 0) is 6.54 Å². The van der Waals surface area contributed by atoms with Crippen LogP contribution in [0.25, 0.3) is 0 Å². The lowest BCUT2D eigenvalue weighted by atomic mass is 10.1. The topological polar surface area (TPSA) is 21.3 Å². The summed E-state index contributed by atoms with van der Waals surface area (Å²) in [5, 5.41) is 3.58. The molecule has 0 radical (unpaired) electrons. The summed E-state index contributed by atoms with van der Waals surface area (Å²) >= 11 is 2.10. The molecule has 1 saturated heterocycles. The number of hydrogen-bond donors (Lipinski definition) is 1. The second-order valence-corrected chi connectivity index (χ2v) is 6.73. The molecule has 18 heavy (non-hydrogen) atoms. The van der Waals surface area contributed by atoms with Gasteiger partial charge in [0.1, 0.15) is 5.75 Å². The Morgan fingerprint density at radius 2 is 2.22 bits per heavy atom. The molecule has 1 unspecified atom stereocenters. The van der Waals surface area contributed by atoms with Crippen molar-refractivity contribution >= 4 is 11.8 Å². The van der Waals surface area contributed by atoms with Crippen LogP contribution in [0.4, 0.5) is 0 Å². The van der Waals surface area contributed by atoms with Gasteiger partial charge in [-0.15, -0.1) is 0 Å². The van der Waals surface area contributed by atoms with E-state index in [4.69, 9.17) is 4.74 Å². The number of benzene rings is 1. The summed E-state index contributed by atoms with van der Waals surface area (Å²) < 4.78 is 6.07. The Hall–Kier alpha value is -0.670. The van der Waals surface area contributed by atoms with Gasteiger partial charge in [-0.25, -0.2) is 0 Å². The van der Waals surface area contributed by atoms with Crippen LogP contribution >= 0.6 is 11.8 Å². The molecule has 0 bridgehead atoms. The Labute approximate surface area is 114 Å². The third kappa shape index (κ3) is 3.66. The van der Waals surface area contributed by atoms with Crippen LogP contribution in [0.2, 0.25) is 0 Å². The average Bonchev–Trinajstić information content (AvgIpc) is 2.79. The smallest absolute Gasteiger partial charge is 0.123 e. The third-order valence-electron chi connectivity index (χ3n) is 3.39. The van der Waals surface area contributed by atoms with Crippen molar-refractivity contribution in [2.45, 2.75) is 38.0 Å². The molecule has 1 aliphatic rings. The fourth-order valence-corrected chi connectivity index (χ4v) is 3.66. The first-order valence-electron chi connectivity index (χ1n) is 6.79. The van der Waals surface area contributed by atoms with Crippen LogP contribution < -0.4 is 10.1 Å². The van der Waals surface area contributed by atoms with Gasteiger partial charge >= 0.3 is 0 Å². The molecule has 1 atom stereocenters. The van der Waals surface area contributed by atoms with Gasteiger partial charge in [0, 0.05) is 23.4 Å². The molecule has 100 valence electrons. The summed E-state index contributed by atoms with van der Waals surface area (Å²) in [5.74, 6) is 2.32. The van der Waals surface area contributed by atoms with Crippen LogP contribution in [-0.4, -0.2) is 23.7 Å². The van der Waals surface area contributed by atoms with Crippen molar-refractivity contribution < 1.29 is 4.74 Å². The predicted octanol–water partition coefficient (Wildman–Crippen LogP) is 3.46. The molecule has 2 rings (SSSR count). The molecule has 1 fully saturated rings. The summed E-state index contributed by atoms with van der Waals surface area (Å²) in [4.78, 5) is 0. The number of rotatable bonds is 6. The van der Waals surface area contributed by atoms with E-state index < -0.39 is 0 Å². The first-order valence-corrected chi connectivity index (χ1v) is 7.77. The van der Waals surface area contributed by atoms with Gasteiger partial charge in [0.05, 0.1) is 6.61 Å². The van der Waals surface area contributed by atoms with E-state index in [1.807, 2.05) is 19.1 Å². The second kappa shape index (κ2) is 6.48. The number of hydrogen-bond acceptors (Lipinski definition) is 3. The lowest BCUT2D eigenvalue weighted by Gasteiger charge is -2.23. The minimum Gasteiger partial charge on any atom is -0.494 e. The van der Waals surface area contributed by atoms with E-state index in [0.29, 0.717) is 4.75 Å². The van der Waals surface area contributed by atoms with Crippen LogP contribution in [0.3, 0.4) is 0 Å². The van der Waals surface area contributed by atoms with Crippen molar-refractivity contribution in [2.24, 2.45) is 0 Å². The van der Waals surface area contributed by atoms with Gasteiger partial charge in [-0.05, 0) is 38.5 Å². The monoisotopic (exact) mass is 265 g/mol. The van der Waals surface area contributed by atoms with Gasteiger partial charge in [0.2, 0.25) is 0 Å². The number of ether oxygens (including phenoxy) is 1. The number of nitrogens with one attached hydrogen (secondary N) is 1. The maximum atomic E-state index is 5.64. The Bertz CT molecular complexity index is 375. The highest BCUT2D eigenvalue weighted by Gasteiger charge is 2.28. The van der Waals surface area contributed by atoms with Gasteiger partial charge in [-0.1, -0.05) is 18.2 Å². The standard InChI is InChI=1S/C15H23NOS/c1-3-17-14-8-5-4-7-13(14)11-16-12-15(2)9-6-10-18-15/h4-5,7-8,16H,3,6,9-12H2,1-2H3. The van der Waals surface area contributed by atoms with E-state index in [0.717, 1.165) is 25.4 Å². The Morgan fingerprint density at radius 1 is 1.39 bits per heavy atom. The molecule has 3 heteroatoms. The van der Waals surface area contributed by atoms with Crippen molar-refractivity contribution in [1.82, 2.24) is 5.32 Å². The Balaban J connectivity index is 1.86. The van der Waals surface area contributed by atoms with Crippen LogP contribution in [0.1, 0.15) is 32.3 Å². The molecule has 0 spiro atoms. The Kier molecular flexibility index (Phi) is 4.95. The first kappa shape index (κ1) is 13.8. The quantitative estimate of drug-likeness (QED) is 0.851. The molecular weight excluding hydrogens is 242 g/mol. The van der Waals surface area contributed by atoms with Crippen LogP contribution in [0.15, 0.2) is 24.3 Å². The highest BCUT2D eigenvalue weighted by Crippen LogP contribution is 2.37. The summed E-state index contributed by atoms with van der Waals surface area (Å²) in [5.41, 5.74) is 1.26. The summed E-state index contributed by atoms with van der Waals surface area (Å²) in [7, 11) is 0. The van der Waals surface area contributed by atoms with Gasteiger partial charge in [-0.3, -0.25) is 0 Å². The normalized spacial score (nSPS) is 23.2. The molecule has 2 nitrogen and oxygen atoms in total. The van der Waals surface area contributed by atoms with Gasteiger partial charge in [-0.2, -0.15) is 11.8 Å². The largest absolute Gasteiger partial charge is 0.494 e. The lowest BCUT2D eigenvalue weighted by molar-refractivity contribution is 0.335. The fraction of sp³-hybridized carbons (Fsp3) is 0.600. The molecule has 0 aromatic heterocycles. The third-order valence-corrected chi connectivity index (χ3v) is 4.93. The van der Waals surface area contributed by atoms with E-state index >= 15 is 0 Å². The maximum Gasteiger partial charge on any atom is 0.123 e.